The lowest BCUT2D eigenvalue weighted by atomic mass is 10.1. The van der Waals surface area contributed by atoms with E-state index in [1.54, 1.807) is 12.1 Å². The molecule has 2 rings (SSSR count). The number of halogens is 1. The SMILES string of the molecule is CC(=O)Oc1ccc(C(=O)COC(=O)CNC(=O)c2ccc(Cl)cc2)cc1. The highest BCUT2D eigenvalue weighted by atomic mass is 35.5. The van der Waals surface area contributed by atoms with Crippen molar-refractivity contribution in [2.24, 2.45) is 0 Å². The fourth-order valence-electron chi connectivity index (χ4n) is 2.01. The molecule has 0 atom stereocenters. The molecule has 0 aliphatic heterocycles. The molecule has 0 heterocycles. The zero-order chi connectivity index (χ0) is 19.8. The molecule has 1 N–H and O–H groups in total. The van der Waals surface area contributed by atoms with Gasteiger partial charge in [0.25, 0.3) is 5.91 Å². The van der Waals surface area contributed by atoms with E-state index >= 15 is 0 Å². The molecular formula is C19H16ClNO6. The molecule has 8 heteroatoms. The van der Waals surface area contributed by atoms with Gasteiger partial charge >= 0.3 is 11.9 Å². The van der Waals surface area contributed by atoms with Crippen LogP contribution in [0.5, 0.6) is 5.75 Å². The largest absolute Gasteiger partial charge is 0.456 e. The predicted octanol–water partition coefficient (Wildman–Crippen LogP) is 2.42. The van der Waals surface area contributed by atoms with Crippen LogP contribution in [0.4, 0.5) is 0 Å². The highest BCUT2D eigenvalue weighted by Gasteiger charge is 2.12. The first-order valence-corrected chi connectivity index (χ1v) is 8.24. The fraction of sp³-hybridized carbons (Fsp3) is 0.158. The summed E-state index contributed by atoms with van der Waals surface area (Å²) in [6, 6.07) is 12.0. The van der Waals surface area contributed by atoms with Crippen LogP contribution in [-0.2, 0) is 14.3 Å². The Kier molecular flexibility index (Phi) is 7.08. The normalized spacial score (nSPS) is 10.0. The second-order valence-corrected chi connectivity index (χ2v) is 5.83. The number of ketones is 1. The zero-order valence-electron chi connectivity index (χ0n) is 14.4. The van der Waals surface area contributed by atoms with Crippen LogP contribution in [0.25, 0.3) is 0 Å². The van der Waals surface area contributed by atoms with Crippen molar-refractivity contribution in [3.05, 3.63) is 64.7 Å². The highest BCUT2D eigenvalue weighted by molar-refractivity contribution is 6.30. The molecule has 0 fully saturated rings. The zero-order valence-corrected chi connectivity index (χ0v) is 15.1. The van der Waals surface area contributed by atoms with Gasteiger partial charge in [-0.05, 0) is 48.5 Å². The quantitative estimate of drug-likeness (QED) is 0.443. The lowest BCUT2D eigenvalue weighted by molar-refractivity contribution is -0.141. The van der Waals surface area contributed by atoms with E-state index < -0.39 is 30.2 Å². The third-order valence-corrected chi connectivity index (χ3v) is 3.55. The number of ether oxygens (including phenoxy) is 2. The van der Waals surface area contributed by atoms with Crippen molar-refractivity contribution in [2.75, 3.05) is 13.2 Å². The molecule has 7 nitrogen and oxygen atoms in total. The van der Waals surface area contributed by atoms with Gasteiger partial charge in [-0.3, -0.25) is 19.2 Å². The molecule has 0 saturated heterocycles. The molecular weight excluding hydrogens is 374 g/mol. The summed E-state index contributed by atoms with van der Waals surface area (Å²) >= 11 is 5.74. The van der Waals surface area contributed by atoms with Crippen LogP contribution in [0.2, 0.25) is 5.02 Å². The molecule has 27 heavy (non-hydrogen) atoms. The Morgan fingerprint density at radius 1 is 0.926 bits per heavy atom. The Bertz CT molecular complexity index is 846. The van der Waals surface area contributed by atoms with Gasteiger partial charge in [-0.2, -0.15) is 0 Å². The monoisotopic (exact) mass is 389 g/mol. The lowest BCUT2D eigenvalue weighted by Crippen LogP contribution is -2.31. The highest BCUT2D eigenvalue weighted by Crippen LogP contribution is 2.13. The minimum absolute atomic E-state index is 0.295. The van der Waals surface area contributed by atoms with Gasteiger partial charge in [0.2, 0.25) is 0 Å². The first kappa shape index (κ1) is 20.1. The van der Waals surface area contributed by atoms with Gasteiger partial charge in [0.15, 0.2) is 12.4 Å². The second kappa shape index (κ2) is 9.49. The van der Waals surface area contributed by atoms with Crippen LogP contribution < -0.4 is 10.1 Å². The van der Waals surface area contributed by atoms with E-state index in [2.05, 4.69) is 5.32 Å². The standard InChI is InChI=1S/C19H16ClNO6/c1-12(22)27-16-8-4-13(5-9-16)17(23)11-26-18(24)10-21-19(25)14-2-6-15(20)7-3-14/h2-9H,10-11H2,1H3,(H,21,25). The Morgan fingerprint density at radius 2 is 1.52 bits per heavy atom. The topological polar surface area (TPSA) is 98.8 Å². The summed E-state index contributed by atoms with van der Waals surface area (Å²) < 4.78 is 9.71. The van der Waals surface area contributed by atoms with Crippen LogP contribution in [0.15, 0.2) is 48.5 Å². The average molecular weight is 390 g/mol. The molecule has 0 aliphatic rings. The van der Waals surface area contributed by atoms with E-state index in [9.17, 15) is 19.2 Å². The van der Waals surface area contributed by atoms with E-state index in [0.29, 0.717) is 21.9 Å². The number of esters is 2. The van der Waals surface area contributed by atoms with Crippen molar-refractivity contribution in [1.82, 2.24) is 5.32 Å². The smallest absolute Gasteiger partial charge is 0.325 e. The number of amides is 1. The molecule has 0 aliphatic carbocycles. The maximum atomic E-state index is 12.0. The number of hydrogen-bond donors (Lipinski definition) is 1. The molecule has 0 spiro atoms. The van der Waals surface area contributed by atoms with Crippen LogP contribution >= 0.6 is 11.6 Å². The van der Waals surface area contributed by atoms with Crippen molar-refractivity contribution in [2.45, 2.75) is 6.92 Å². The van der Waals surface area contributed by atoms with Crippen LogP contribution in [0, 0.1) is 0 Å². The summed E-state index contributed by atoms with van der Waals surface area (Å²) in [5.74, 6) is -1.80. The fourth-order valence-corrected chi connectivity index (χ4v) is 2.14. The summed E-state index contributed by atoms with van der Waals surface area (Å²) in [6.07, 6.45) is 0. The molecule has 0 bridgehead atoms. The molecule has 0 radical (unpaired) electrons. The summed E-state index contributed by atoms with van der Waals surface area (Å²) in [5, 5.41) is 2.88. The number of carbonyl (C=O) groups excluding carboxylic acids is 4. The summed E-state index contributed by atoms with van der Waals surface area (Å²) in [7, 11) is 0. The number of hydrogen-bond acceptors (Lipinski definition) is 6. The van der Waals surface area contributed by atoms with Gasteiger partial charge in [-0.1, -0.05) is 11.6 Å². The molecule has 0 saturated carbocycles. The predicted molar refractivity (Wildman–Crippen MR) is 96.8 cm³/mol. The number of Topliss-reactive ketones (excluding diaryl/α,β-unsaturated/α-hetero) is 1. The van der Waals surface area contributed by atoms with E-state index in [1.165, 1.54) is 43.3 Å². The third-order valence-electron chi connectivity index (χ3n) is 3.30. The van der Waals surface area contributed by atoms with Crippen LogP contribution in [-0.4, -0.2) is 36.8 Å². The minimum atomic E-state index is -0.748. The molecule has 2 aromatic carbocycles. The molecule has 140 valence electrons. The van der Waals surface area contributed by atoms with E-state index in [0.717, 1.165) is 0 Å². The third kappa shape index (κ3) is 6.56. The van der Waals surface area contributed by atoms with Crippen molar-refractivity contribution in [3.8, 4) is 5.75 Å². The summed E-state index contributed by atoms with van der Waals surface area (Å²) in [6.45, 7) is 0.424. The molecule has 0 unspecified atom stereocenters. The van der Waals surface area contributed by atoms with Gasteiger partial charge in [-0.25, -0.2) is 0 Å². The number of nitrogens with one attached hydrogen (secondary N) is 1. The second-order valence-electron chi connectivity index (χ2n) is 5.39. The van der Waals surface area contributed by atoms with Gasteiger partial charge in [0.05, 0.1) is 0 Å². The van der Waals surface area contributed by atoms with Gasteiger partial charge in [-0.15, -0.1) is 0 Å². The minimum Gasteiger partial charge on any atom is -0.456 e. The Morgan fingerprint density at radius 3 is 2.11 bits per heavy atom. The maximum absolute atomic E-state index is 12.0. The molecule has 0 aromatic heterocycles. The Labute approximate surface area is 160 Å². The van der Waals surface area contributed by atoms with E-state index in [1.807, 2.05) is 0 Å². The van der Waals surface area contributed by atoms with E-state index in [-0.39, 0.29) is 6.54 Å². The maximum Gasteiger partial charge on any atom is 0.325 e. The van der Waals surface area contributed by atoms with Crippen LogP contribution in [0.1, 0.15) is 27.6 Å². The lowest BCUT2D eigenvalue weighted by Gasteiger charge is -2.07. The first-order chi connectivity index (χ1) is 12.8. The molecule has 1 amide bonds. The summed E-state index contributed by atoms with van der Waals surface area (Å²) in [5.41, 5.74) is 0.639. The Hall–Kier alpha value is -3.19. The number of rotatable bonds is 7. The van der Waals surface area contributed by atoms with Crippen molar-refractivity contribution in [3.63, 3.8) is 0 Å². The Balaban J connectivity index is 1.77. The number of carbonyl (C=O) groups is 4. The van der Waals surface area contributed by atoms with Gasteiger partial charge < -0.3 is 14.8 Å². The number of benzene rings is 2. The van der Waals surface area contributed by atoms with Crippen molar-refractivity contribution >= 4 is 35.2 Å². The van der Waals surface area contributed by atoms with Crippen molar-refractivity contribution in [1.29, 1.82) is 0 Å². The summed E-state index contributed by atoms with van der Waals surface area (Å²) in [4.78, 5) is 46.4. The molecule has 2 aromatic rings. The van der Waals surface area contributed by atoms with Gasteiger partial charge in [0, 0.05) is 23.1 Å². The van der Waals surface area contributed by atoms with Crippen molar-refractivity contribution < 1.29 is 28.7 Å². The average Bonchev–Trinajstić information content (AvgIpc) is 2.65. The van der Waals surface area contributed by atoms with E-state index in [4.69, 9.17) is 21.1 Å². The van der Waals surface area contributed by atoms with Gasteiger partial charge in [0.1, 0.15) is 12.3 Å². The van der Waals surface area contributed by atoms with Crippen LogP contribution in [0.3, 0.4) is 0 Å². The first-order valence-electron chi connectivity index (χ1n) is 7.86.